The predicted molar refractivity (Wildman–Crippen MR) is 125 cm³/mol. The topological polar surface area (TPSA) is 128 Å². The first kappa shape index (κ1) is 29.1. The van der Waals surface area contributed by atoms with Gasteiger partial charge in [0, 0.05) is 25.3 Å². The van der Waals surface area contributed by atoms with E-state index in [0.29, 0.717) is 18.4 Å². The second kappa shape index (κ2) is 12.5. The van der Waals surface area contributed by atoms with Crippen LogP contribution < -0.4 is 14.8 Å². The average Bonchev–Trinajstić information content (AvgIpc) is 2.79. The van der Waals surface area contributed by atoms with E-state index in [9.17, 15) is 24.3 Å². The Morgan fingerprint density at radius 2 is 1.53 bits per heavy atom. The van der Waals surface area contributed by atoms with Gasteiger partial charge in [-0.25, -0.2) is 4.79 Å². The Kier molecular flexibility index (Phi) is 10.7. The standard InChI is InChI=1S/C25H37NO8/c1-8-16(5)26-25(22(29)30,34-23(31)24(6,7)11-4)15-17-12-13-18(32-20(27)9-2)19(14-17)33-21(28)10-3/h12-14,16,26H,8-11,15H2,1-7H3,(H,29,30)/t16?,25-/m0/s1. The van der Waals surface area contributed by atoms with Crippen LogP contribution in [0.25, 0.3) is 0 Å². The zero-order valence-corrected chi connectivity index (χ0v) is 21.1. The Labute approximate surface area is 201 Å². The van der Waals surface area contributed by atoms with Crippen molar-refractivity contribution in [3.8, 4) is 11.5 Å². The Hall–Kier alpha value is -2.94. The van der Waals surface area contributed by atoms with Crippen molar-refractivity contribution in [3.63, 3.8) is 0 Å². The fraction of sp³-hybridized carbons (Fsp3) is 0.600. The van der Waals surface area contributed by atoms with Gasteiger partial charge in [-0.3, -0.25) is 19.7 Å². The summed E-state index contributed by atoms with van der Waals surface area (Å²) in [7, 11) is 0. The van der Waals surface area contributed by atoms with Crippen LogP contribution in [-0.2, 0) is 30.3 Å². The maximum atomic E-state index is 12.9. The van der Waals surface area contributed by atoms with Crippen LogP contribution in [0, 0.1) is 5.41 Å². The van der Waals surface area contributed by atoms with Gasteiger partial charge < -0.3 is 19.3 Å². The Balaban J connectivity index is 3.50. The summed E-state index contributed by atoms with van der Waals surface area (Å²) >= 11 is 0. The monoisotopic (exact) mass is 479 g/mol. The summed E-state index contributed by atoms with van der Waals surface area (Å²) in [6.45, 7) is 12.1. The fourth-order valence-corrected chi connectivity index (χ4v) is 2.74. The highest BCUT2D eigenvalue weighted by molar-refractivity contribution is 5.84. The molecule has 2 atom stereocenters. The summed E-state index contributed by atoms with van der Waals surface area (Å²) in [6.07, 6.45) is 1.00. The fourth-order valence-electron chi connectivity index (χ4n) is 2.74. The lowest BCUT2D eigenvalue weighted by atomic mass is 9.90. The van der Waals surface area contributed by atoms with Gasteiger partial charge in [0.2, 0.25) is 0 Å². The molecule has 0 bridgehead atoms. The first-order valence-electron chi connectivity index (χ1n) is 11.6. The summed E-state index contributed by atoms with van der Waals surface area (Å²) in [4.78, 5) is 49.1. The van der Waals surface area contributed by atoms with Crippen LogP contribution in [0.5, 0.6) is 11.5 Å². The molecule has 0 spiro atoms. The molecule has 0 amide bonds. The lowest BCUT2D eigenvalue weighted by Crippen LogP contribution is -2.60. The third-order valence-electron chi connectivity index (χ3n) is 5.63. The van der Waals surface area contributed by atoms with Crippen LogP contribution in [0.4, 0.5) is 0 Å². The van der Waals surface area contributed by atoms with E-state index in [1.54, 1.807) is 34.6 Å². The molecule has 0 aliphatic carbocycles. The highest BCUT2D eigenvalue weighted by atomic mass is 16.6. The van der Waals surface area contributed by atoms with Crippen molar-refractivity contribution in [1.82, 2.24) is 5.32 Å². The number of carboxylic acid groups (broad SMARTS) is 1. The number of ether oxygens (including phenoxy) is 3. The van der Waals surface area contributed by atoms with E-state index in [4.69, 9.17) is 14.2 Å². The van der Waals surface area contributed by atoms with Crippen molar-refractivity contribution < 1.29 is 38.5 Å². The third-order valence-corrected chi connectivity index (χ3v) is 5.63. The highest BCUT2D eigenvalue weighted by Crippen LogP contribution is 2.32. The number of carboxylic acids is 1. The number of esters is 3. The summed E-state index contributed by atoms with van der Waals surface area (Å²) in [6, 6.07) is 4.10. The number of hydrogen-bond acceptors (Lipinski definition) is 8. The predicted octanol–water partition coefficient (Wildman–Crippen LogP) is 4.01. The maximum absolute atomic E-state index is 12.9. The van der Waals surface area contributed by atoms with Crippen LogP contribution >= 0.6 is 0 Å². The molecular formula is C25H37NO8. The third kappa shape index (κ3) is 7.83. The van der Waals surface area contributed by atoms with Crippen molar-refractivity contribution in [2.45, 2.75) is 92.3 Å². The number of rotatable bonds is 13. The number of carbonyl (C=O) groups is 4. The number of carbonyl (C=O) groups excluding carboxylic acids is 3. The second-order valence-electron chi connectivity index (χ2n) is 8.83. The molecule has 1 aromatic rings. The van der Waals surface area contributed by atoms with Gasteiger partial charge in [0.05, 0.1) is 5.41 Å². The van der Waals surface area contributed by atoms with Gasteiger partial charge in [0.25, 0.3) is 5.72 Å². The molecule has 1 rings (SSSR count). The van der Waals surface area contributed by atoms with Crippen LogP contribution in [0.1, 0.15) is 79.7 Å². The average molecular weight is 480 g/mol. The molecule has 0 aliphatic rings. The minimum atomic E-state index is -2.06. The molecule has 9 nitrogen and oxygen atoms in total. The van der Waals surface area contributed by atoms with E-state index in [0.717, 1.165) is 0 Å². The summed E-state index contributed by atoms with van der Waals surface area (Å²) in [5.41, 5.74) is -2.56. The summed E-state index contributed by atoms with van der Waals surface area (Å²) < 4.78 is 16.2. The van der Waals surface area contributed by atoms with Crippen LogP contribution in [0.2, 0.25) is 0 Å². The van der Waals surface area contributed by atoms with Crippen molar-refractivity contribution in [1.29, 1.82) is 0 Å². The summed E-state index contributed by atoms with van der Waals surface area (Å²) in [5, 5.41) is 13.1. The first-order chi connectivity index (χ1) is 15.8. The SMILES string of the molecule is CCC(=O)Oc1ccc(C[C@](NC(C)CC)(OC(=O)C(C)(C)CC)C(=O)O)cc1OC(=O)CC. The zero-order valence-electron chi connectivity index (χ0n) is 21.1. The molecule has 0 aromatic heterocycles. The van der Waals surface area contributed by atoms with Gasteiger partial charge in [0.15, 0.2) is 11.5 Å². The van der Waals surface area contributed by atoms with E-state index >= 15 is 0 Å². The lowest BCUT2D eigenvalue weighted by Gasteiger charge is -2.35. The minimum Gasteiger partial charge on any atom is -0.477 e. The molecule has 9 heteroatoms. The van der Waals surface area contributed by atoms with Gasteiger partial charge in [-0.15, -0.1) is 0 Å². The second-order valence-corrected chi connectivity index (χ2v) is 8.83. The molecule has 1 aromatic carbocycles. The minimum absolute atomic E-state index is 0.0193. The van der Waals surface area contributed by atoms with E-state index in [2.05, 4.69) is 5.32 Å². The van der Waals surface area contributed by atoms with Crippen LogP contribution in [0.15, 0.2) is 18.2 Å². The van der Waals surface area contributed by atoms with E-state index in [-0.39, 0.29) is 36.8 Å². The van der Waals surface area contributed by atoms with Gasteiger partial charge in [-0.05, 0) is 51.3 Å². The largest absolute Gasteiger partial charge is 0.477 e. The molecule has 0 aliphatic heterocycles. The Bertz CT molecular complexity index is 895. The molecule has 0 saturated heterocycles. The normalized spacial score (nSPS) is 14.0. The molecule has 0 heterocycles. The number of nitrogens with one attached hydrogen (secondary N) is 1. The van der Waals surface area contributed by atoms with E-state index in [1.807, 2.05) is 13.8 Å². The van der Waals surface area contributed by atoms with Gasteiger partial charge in [-0.1, -0.05) is 33.8 Å². The van der Waals surface area contributed by atoms with Gasteiger partial charge in [-0.2, -0.15) is 0 Å². The number of hydrogen-bond donors (Lipinski definition) is 2. The summed E-state index contributed by atoms with van der Waals surface area (Å²) in [5.74, 6) is -3.06. The molecule has 2 N–H and O–H groups in total. The molecule has 1 unspecified atom stereocenters. The molecule has 190 valence electrons. The van der Waals surface area contributed by atoms with Crippen LogP contribution in [0.3, 0.4) is 0 Å². The van der Waals surface area contributed by atoms with Gasteiger partial charge in [0.1, 0.15) is 0 Å². The smallest absolute Gasteiger partial charge is 0.364 e. The van der Waals surface area contributed by atoms with E-state index < -0.39 is 35.0 Å². The molecular weight excluding hydrogens is 442 g/mol. The van der Waals surface area contributed by atoms with Gasteiger partial charge >= 0.3 is 23.9 Å². The number of aliphatic carboxylic acids is 1. The lowest BCUT2D eigenvalue weighted by molar-refractivity contribution is -0.191. The highest BCUT2D eigenvalue weighted by Gasteiger charge is 2.46. The molecule has 0 saturated carbocycles. The molecule has 0 fully saturated rings. The first-order valence-corrected chi connectivity index (χ1v) is 11.6. The van der Waals surface area contributed by atoms with Crippen molar-refractivity contribution in [3.05, 3.63) is 23.8 Å². The Morgan fingerprint density at radius 3 is 2.00 bits per heavy atom. The van der Waals surface area contributed by atoms with Crippen LogP contribution in [-0.4, -0.2) is 40.8 Å². The molecule has 34 heavy (non-hydrogen) atoms. The maximum Gasteiger partial charge on any atom is 0.364 e. The molecule has 0 radical (unpaired) electrons. The zero-order chi connectivity index (χ0) is 26.1. The van der Waals surface area contributed by atoms with Crippen molar-refractivity contribution in [2.24, 2.45) is 5.41 Å². The quantitative estimate of drug-likeness (QED) is 0.245. The van der Waals surface area contributed by atoms with E-state index in [1.165, 1.54) is 18.2 Å². The number of benzene rings is 1. The van der Waals surface area contributed by atoms with Crippen molar-refractivity contribution >= 4 is 23.9 Å². The van der Waals surface area contributed by atoms with Crippen molar-refractivity contribution in [2.75, 3.05) is 0 Å². The Morgan fingerprint density at radius 1 is 0.971 bits per heavy atom.